The van der Waals surface area contributed by atoms with Gasteiger partial charge in [0.1, 0.15) is 17.0 Å². The van der Waals surface area contributed by atoms with Crippen molar-refractivity contribution in [3.63, 3.8) is 0 Å². The highest BCUT2D eigenvalue weighted by Crippen LogP contribution is 2.31. The molecular formula is C11H14F2N2O3. The van der Waals surface area contributed by atoms with Crippen molar-refractivity contribution in [3.8, 4) is 5.75 Å². The second-order valence-corrected chi connectivity index (χ2v) is 3.30. The number of carbonyl (C=O) groups is 1. The molecule has 1 heterocycles. The molecule has 5 nitrogen and oxygen atoms in total. The minimum atomic E-state index is -2.90. The van der Waals surface area contributed by atoms with E-state index in [0.717, 1.165) is 0 Å². The summed E-state index contributed by atoms with van der Waals surface area (Å²) in [4.78, 5) is 15.3. The fourth-order valence-electron chi connectivity index (χ4n) is 1.49. The van der Waals surface area contributed by atoms with E-state index in [9.17, 15) is 13.6 Å². The Bertz CT molecular complexity index is 439. The molecule has 0 aromatic carbocycles. The maximum Gasteiger partial charge on any atom is 0.344 e. The molecule has 0 radical (unpaired) electrons. The third-order valence-electron chi connectivity index (χ3n) is 2.24. The van der Waals surface area contributed by atoms with Crippen molar-refractivity contribution in [2.75, 3.05) is 13.7 Å². The predicted octanol–water partition coefficient (Wildman–Crippen LogP) is 1.66. The molecule has 0 aliphatic carbocycles. The van der Waals surface area contributed by atoms with Crippen LogP contribution >= 0.6 is 0 Å². The van der Waals surface area contributed by atoms with Gasteiger partial charge in [0.15, 0.2) is 0 Å². The lowest BCUT2D eigenvalue weighted by Crippen LogP contribution is -2.15. The number of alkyl halides is 2. The van der Waals surface area contributed by atoms with Crippen LogP contribution in [0.1, 0.15) is 35.0 Å². The van der Waals surface area contributed by atoms with Crippen molar-refractivity contribution >= 4 is 5.97 Å². The number of ether oxygens (including phenoxy) is 2. The van der Waals surface area contributed by atoms with Crippen LogP contribution in [0.3, 0.4) is 0 Å². The summed E-state index contributed by atoms with van der Waals surface area (Å²) >= 11 is 0. The predicted molar refractivity (Wildman–Crippen MR) is 59.6 cm³/mol. The maximum atomic E-state index is 12.8. The highest BCUT2D eigenvalue weighted by atomic mass is 19.3. The van der Waals surface area contributed by atoms with Crippen molar-refractivity contribution in [2.45, 2.75) is 19.9 Å². The van der Waals surface area contributed by atoms with Crippen LogP contribution in [0.5, 0.6) is 5.75 Å². The number of hydrogen-bond acceptors (Lipinski definition) is 5. The highest BCUT2D eigenvalue weighted by molar-refractivity contribution is 5.94. The van der Waals surface area contributed by atoms with Crippen LogP contribution in [0.25, 0.3) is 0 Å². The van der Waals surface area contributed by atoms with Gasteiger partial charge in [0.25, 0.3) is 6.43 Å². The quantitative estimate of drug-likeness (QED) is 0.815. The van der Waals surface area contributed by atoms with Crippen LogP contribution in [0.2, 0.25) is 0 Å². The number of carbonyl (C=O) groups excluding carboxylic acids is 1. The second-order valence-electron chi connectivity index (χ2n) is 3.30. The van der Waals surface area contributed by atoms with Gasteiger partial charge < -0.3 is 15.2 Å². The fourth-order valence-corrected chi connectivity index (χ4v) is 1.49. The Morgan fingerprint density at radius 2 is 2.22 bits per heavy atom. The molecule has 1 aromatic rings. The first-order chi connectivity index (χ1) is 8.56. The van der Waals surface area contributed by atoms with Crippen LogP contribution < -0.4 is 10.5 Å². The van der Waals surface area contributed by atoms with E-state index in [-0.39, 0.29) is 24.5 Å². The number of nitrogens with two attached hydrogens (primary N) is 1. The Labute approximate surface area is 103 Å². The van der Waals surface area contributed by atoms with E-state index in [1.807, 2.05) is 0 Å². The van der Waals surface area contributed by atoms with Crippen molar-refractivity contribution in [1.82, 2.24) is 4.98 Å². The normalized spacial score (nSPS) is 10.6. The van der Waals surface area contributed by atoms with E-state index in [1.165, 1.54) is 13.3 Å². The largest absolute Gasteiger partial charge is 0.495 e. The lowest BCUT2D eigenvalue weighted by atomic mass is 10.1. The van der Waals surface area contributed by atoms with Gasteiger partial charge in [-0.3, -0.25) is 4.98 Å². The molecule has 1 aromatic heterocycles. The molecule has 0 saturated heterocycles. The Morgan fingerprint density at radius 3 is 2.67 bits per heavy atom. The van der Waals surface area contributed by atoms with Crippen LogP contribution in [0.4, 0.5) is 8.78 Å². The summed E-state index contributed by atoms with van der Waals surface area (Å²) in [5.74, 6) is -0.909. The van der Waals surface area contributed by atoms with Crippen LogP contribution in [-0.2, 0) is 11.3 Å². The van der Waals surface area contributed by atoms with Crippen molar-refractivity contribution in [1.29, 1.82) is 0 Å². The summed E-state index contributed by atoms with van der Waals surface area (Å²) in [6.07, 6.45) is -1.73. The Hall–Kier alpha value is -1.76. The zero-order valence-corrected chi connectivity index (χ0v) is 10.1. The zero-order chi connectivity index (χ0) is 13.7. The lowest BCUT2D eigenvalue weighted by Gasteiger charge is -2.14. The Morgan fingerprint density at radius 1 is 1.56 bits per heavy atom. The van der Waals surface area contributed by atoms with Gasteiger partial charge in [-0.25, -0.2) is 13.6 Å². The summed E-state index contributed by atoms with van der Waals surface area (Å²) in [5, 5.41) is 0. The summed E-state index contributed by atoms with van der Waals surface area (Å²) in [7, 11) is 1.27. The number of halogens is 2. The van der Waals surface area contributed by atoms with Gasteiger partial charge in [-0.2, -0.15) is 0 Å². The maximum absolute atomic E-state index is 12.8. The molecule has 0 aliphatic heterocycles. The SMILES string of the molecule is CCOC(=O)c1c(C(F)F)ncc(CN)c1OC. The number of nitrogens with zero attached hydrogens (tertiary/aromatic N) is 1. The Kier molecular flexibility index (Phi) is 4.96. The fraction of sp³-hybridized carbons (Fsp3) is 0.455. The molecule has 18 heavy (non-hydrogen) atoms. The molecule has 0 spiro atoms. The molecule has 0 unspecified atom stereocenters. The molecule has 0 atom stereocenters. The average Bonchev–Trinajstić information content (AvgIpc) is 2.36. The van der Waals surface area contributed by atoms with E-state index in [0.29, 0.717) is 5.56 Å². The summed E-state index contributed by atoms with van der Waals surface area (Å²) < 4.78 is 35.3. The number of methoxy groups -OCH3 is 1. The van der Waals surface area contributed by atoms with E-state index in [4.69, 9.17) is 15.2 Å². The third kappa shape index (κ3) is 2.73. The number of esters is 1. The molecule has 0 saturated carbocycles. The molecule has 0 aliphatic rings. The minimum Gasteiger partial charge on any atom is -0.495 e. The lowest BCUT2D eigenvalue weighted by molar-refractivity contribution is 0.0508. The molecule has 100 valence electrons. The molecular weight excluding hydrogens is 246 g/mol. The molecule has 0 bridgehead atoms. The van der Waals surface area contributed by atoms with Gasteiger partial charge >= 0.3 is 5.97 Å². The summed E-state index contributed by atoms with van der Waals surface area (Å²) in [6.45, 7) is 1.66. The number of hydrogen-bond donors (Lipinski definition) is 1. The van der Waals surface area contributed by atoms with Crippen LogP contribution in [0.15, 0.2) is 6.20 Å². The van der Waals surface area contributed by atoms with Crippen molar-refractivity contribution in [2.24, 2.45) is 5.73 Å². The highest BCUT2D eigenvalue weighted by Gasteiger charge is 2.27. The molecule has 0 fully saturated rings. The first-order valence-electron chi connectivity index (χ1n) is 5.27. The minimum absolute atomic E-state index is 0.0127. The van der Waals surface area contributed by atoms with E-state index >= 15 is 0 Å². The molecule has 0 amide bonds. The third-order valence-corrected chi connectivity index (χ3v) is 2.24. The number of aromatic nitrogens is 1. The second kappa shape index (κ2) is 6.25. The zero-order valence-electron chi connectivity index (χ0n) is 10.1. The van der Waals surface area contributed by atoms with E-state index < -0.39 is 18.1 Å². The first-order valence-corrected chi connectivity index (χ1v) is 5.27. The first kappa shape index (κ1) is 14.3. The van der Waals surface area contributed by atoms with Crippen LogP contribution in [0, 0.1) is 0 Å². The van der Waals surface area contributed by atoms with Gasteiger partial charge in [-0.15, -0.1) is 0 Å². The summed E-state index contributed by atoms with van der Waals surface area (Å²) in [6, 6.07) is 0. The van der Waals surface area contributed by atoms with Crippen LogP contribution in [-0.4, -0.2) is 24.7 Å². The molecule has 7 heteroatoms. The summed E-state index contributed by atoms with van der Waals surface area (Å²) in [5.41, 5.74) is 4.77. The number of pyridine rings is 1. The smallest absolute Gasteiger partial charge is 0.344 e. The van der Waals surface area contributed by atoms with Crippen molar-refractivity contribution < 1.29 is 23.0 Å². The standard InChI is InChI=1S/C11H14F2N2O3/c1-3-18-11(16)7-8(10(12)13)15-5-6(4-14)9(7)17-2/h5,10H,3-4,14H2,1-2H3. The topological polar surface area (TPSA) is 74.4 Å². The van der Waals surface area contributed by atoms with Gasteiger partial charge in [-0.05, 0) is 6.92 Å². The van der Waals surface area contributed by atoms with Gasteiger partial charge in [-0.1, -0.05) is 0 Å². The van der Waals surface area contributed by atoms with Crippen molar-refractivity contribution in [3.05, 3.63) is 23.0 Å². The molecule has 2 N–H and O–H groups in total. The number of rotatable bonds is 5. The Balaban J connectivity index is 3.43. The van der Waals surface area contributed by atoms with Gasteiger partial charge in [0.05, 0.1) is 13.7 Å². The average molecular weight is 260 g/mol. The molecule has 1 rings (SSSR count). The van der Waals surface area contributed by atoms with Gasteiger partial charge in [0.2, 0.25) is 0 Å². The van der Waals surface area contributed by atoms with E-state index in [1.54, 1.807) is 6.92 Å². The van der Waals surface area contributed by atoms with E-state index in [2.05, 4.69) is 4.98 Å². The van der Waals surface area contributed by atoms with Gasteiger partial charge in [0, 0.05) is 18.3 Å². The monoisotopic (exact) mass is 260 g/mol.